The molecule has 0 bridgehead atoms. The Morgan fingerprint density at radius 1 is 0.216 bits per heavy atom. The van der Waals surface area contributed by atoms with Crippen molar-refractivity contribution in [3.05, 3.63) is 460 Å². The molecule has 2 spiro atoms. The molecule has 0 radical (unpaired) electrons. The molecule has 6 nitrogen and oxygen atoms in total. The molecule has 18 aromatic rings. The molecule has 548 valence electrons. The normalized spacial score (nSPS) is 12.7. The summed E-state index contributed by atoms with van der Waals surface area (Å²) in [7, 11) is -1.47. The van der Waals surface area contributed by atoms with Crippen LogP contribution >= 0.6 is 15.9 Å². The lowest BCUT2D eigenvalue weighted by atomic mass is 9.70. The highest BCUT2D eigenvalue weighted by molar-refractivity contribution is 9.10. The second kappa shape index (κ2) is 29.6. The molecule has 0 fully saturated rings. The van der Waals surface area contributed by atoms with Gasteiger partial charge in [-0.2, -0.15) is 0 Å². The molecule has 4 aliphatic rings. The van der Waals surface area contributed by atoms with Crippen molar-refractivity contribution < 1.29 is 10.0 Å². The fourth-order valence-corrected chi connectivity index (χ4v) is 18.4. The number of halogens is 1. The minimum atomic E-state index is -1.47. The van der Waals surface area contributed by atoms with Crippen molar-refractivity contribution in [3.63, 3.8) is 0 Å². The lowest BCUT2D eigenvalue weighted by Crippen LogP contribution is -2.31. The second-order valence-electron chi connectivity index (χ2n) is 30.3. The number of aryl methyl sites for hydroxylation is 2. The van der Waals surface area contributed by atoms with Gasteiger partial charge in [-0.3, -0.25) is 0 Å². The molecular weight excluding hydrogens is 1480 g/mol. The molecule has 22 rings (SSSR count). The summed E-state index contributed by atoms with van der Waals surface area (Å²) >= 11 is 3.52. The maximum Gasteiger partial charge on any atom is 0.488 e. The third-order valence-corrected chi connectivity index (χ3v) is 24.1. The number of fused-ring (bicyclic) bond motifs is 20. The van der Waals surface area contributed by atoms with Gasteiger partial charge in [0.25, 0.3) is 0 Å². The Labute approximate surface area is 684 Å². The topological polar surface area (TPSA) is 92.0 Å². The van der Waals surface area contributed by atoms with Crippen LogP contribution in [-0.4, -0.2) is 37.1 Å². The summed E-state index contributed by atoms with van der Waals surface area (Å²) < 4.78 is 1.05. The molecule has 2 aromatic heterocycles. The molecule has 4 aliphatic carbocycles. The number of nitrogens with zero attached hydrogens (tertiary/aromatic N) is 4. The van der Waals surface area contributed by atoms with Gasteiger partial charge in [-0.05, 0) is 184 Å². The highest BCUT2D eigenvalue weighted by atomic mass is 79.9. The lowest BCUT2D eigenvalue weighted by molar-refractivity contribution is 0.426. The van der Waals surface area contributed by atoms with Crippen molar-refractivity contribution in [2.24, 2.45) is 0 Å². The van der Waals surface area contributed by atoms with Gasteiger partial charge in [-0.15, -0.1) is 0 Å². The van der Waals surface area contributed by atoms with Crippen molar-refractivity contribution in [1.29, 1.82) is 0 Å². The van der Waals surface area contributed by atoms with Crippen LogP contribution in [0.15, 0.2) is 405 Å². The minimum absolute atomic E-state index is 0.331. The minimum Gasteiger partial charge on any atom is -0.423 e. The zero-order valence-corrected chi connectivity index (χ0v) is 65.3. The highest BCUT2D eigenvalue weighted by Gasteiger charge is 2.53. The SMILES string of the molecule is Cc1ccc(-c2nc(-c3ccc(-c4ccc5c(c4)-c4ccccc4C54c5ccccc5-c5ccccc54)cc3)cc(-c3cccc(-c4ccccc4)c3)n2)cc1.Cc1ccc(-c2nc(-c3ccc(Br)cc3)cc(-c3cccc(-c4ccccc4)c3)n2)cc1.OB(O)c1ccc2c(c1)-c1ccccc1C21c2ccccc2-c2ccccc21. The maximum absolute atomic E-state index is 9.73. The molecule has 0 atom stereocenters. The Balaban J connectivity index is 0.000000122. The van der Waals surface area contributed by atoms with E-state index in [1.165, 1.54) is 117 Å². The standard InChI is InChI=1S/C54H36N2.C29H21BrN2.C25H17BO2/c1-35-22-24-39(25-23-35)53-55-51(34-52(56-53)42-15-11-14-40(32-42)36-12-3-2-4-13-36)38-28-26-37(27-29-38)41-30-31-50-46(33-41)45-18-7-10-21-49(45)54(50)47-19-8-5-16-43(47)44-17-6-9-20-48(44)54;1-20-10-12-23(13-11-20)29-31-27(22-14-16-26(30)17-15-22)19-28(32-29)25-9-5-8-24(18-25)21-6-3-2-4-7-21;27-26(28)16-13-14-24-20(15-16)19-9-3-6-12-23(19)25(24)21-10-4-1-7-17(21)18-8-2-5-11-22(18)25/h2-34H,1H3;2-19H,1H3;1-15,27-28H. The Morgan fingerprint density at radius 2 is 0.483 bits per heavy atom. The zero-order valence-electron chi connectivity index (χ0n) is 63.7. The van der Waals surface area contributed by atoms with E-state index in [-0.39, 0.29) is 10.8 Å². The summed E-state index contributed by atoms with van der Waals surface area (Å²) in [6, 6.07) is 142. The molecule has 8 heteroatoms. The predicted molar refractivity (Wildman–Crippen MR) is 479 cm³/mol. The van der Waals surface area contributed by atoms with Gasteiger partial charge in [0.15, 0.2) is 11.6 Å². The van der Waals surface area contributed by atoms with Gasteiger partial charge in [-0.1, -0.05) is 385 Å². The first-order chi connectivity index (χ1) is 57.0. The largest absolute Gasteiger partial charge is 0.488 e. The second-order valence-corrected chi connectivity index (χ2v) is 31.3. The molecule has 0 unspecified atom stereocenters. The van der Waals surface area contributed by atoms with Gasteiger partial charge < -0.3 is 10.0 Å². The first-order valence-corrected chi connectivity index (χ1v) is 40.2. The van der Waals surface area contributed by atoms with Crippen LogP contribution < -0.4 is 5.46 Å². The van der Waals surface area contributed by atoms with Crippen molar-refractivity contribution in [2.45, 2.75) is 24.7 Å². The zero-order chi connectivity index (χ0) is 78.0. The number of benzene rings is 16. The van der Waals surface area contributed by atoms with E-state index in [9.17, 15) is 10.0 Å². The monoisotopic (exact) mass is 1550 g/mol. The Morgan fingerprint density at radius 3 is 0.871 bits per heavy atom. The molecule has 0 amide bonds. The van der Waals surface area contributed by atoms with Gasteiger partial charge >= 0.3 is 7.12 Å². The van der Waals surface area contributed by atoms with Crippen molar-refractivity contribution >= 4 is 28.5 Å². The summed E-state index contributed by atoms with van der Waals surface area (Å²) in [5, 5.41) is 19.5. The molecule has 0 saturated heterocycles. The van der Waals surface area contributed by atoms with E-state index in [0.717, 1.165) is 83.1 Å². The number of hydrogen-bond donors (Lipinski definition) is 2. The van der Waals surface area contributed by atoms with Crippen molar-refractivity contribution in [3.8, 4) is 146 Å². The van der Waals surface area contributed by atoms with E-state index in [0.29, 0.717) is 11.3 Å². The fourth-order valence-electron chi connectivity index (χ4n) is 18.1. The molecular formula is C108H74BBrN4O2. The van der Waals surface area contributed by atoms with Crippen molar-refractivity contribution in [2.75, 3.05) is 0 Å². The van der Waals surface area contributed by atoms with Crippen molar-refractivity contribution in [1.82, 2.24) is 19.9 Å². The lowest BCUT2D eigenvalue weighted by Gasteiger charge is -2.30. The van der Waals surface area contributed by atoms with Crippen LogP contribution in [0.25, 0.3) is 146 Å². The average molecular weight is 1550 g/mol. The van der Waals surface area contributed by atoms with Gasteiger partial charge in [0.05, 0.1) is 33.6 Å². The molecule has 16 aromatic carbocycles. The number of hydrogen-bond acceptors (Lipinski definition) is 6. The third kappa shape index (κ3) is 12.4. The molecule has 2 heterocycles. The smallest absolute Gasteiger partial charge is 0.423 e. The van der Waals surface area contributed by atoms with E-state index in [1.807, 2.05) is 30.3 Å². The molecule has 0 aliphatic heterocycles. The number of aromatic nitrogens is 4. The molecule has 116 heavy (non-hydrogen) atoms. The quantitative estimate of drug-likeness (QED) is 0.133. The van der Waals surface area contributed by atoms with Gasteiger partial charge in [-0.25, -0.2) is 19.9 Å². The first-order valence-electron chi connectivity index (χ1n) is 39.4. The van der Waals surface area contributed by atoms with Crippen LogP contribution in [0.3, 0.4) is 0 Å². The summed E-state index contributed by atoms with van der Waals surface area (Å²) in [6.45, 7) is 4.19. The Kier molecular flexibility index (Phi) is 18.2. The van der Waals surface area contributed by atoms with Crippen LogP contribution in [0.2, 0.25) is 0 Å². The van der Waals surface area contributed by atoms with Crippen LogP contribution in [0, 0.1) is 13.8 Å². The fraction of sp³-hybridized carbons (Fsp3) is 0.0370. The van der Waals surface area contributed by atoms with E-state index < -0.39 is 7.12 Å². The number of rotatable bonds is 10. The van der Waals surface area contributed by atoms with Gasteiger partial charge in [0, 0.05) is 37.9 Å². The summed E-state index contributed by atoms with van der Waals surface area (Å²) in [6.07, 6.45) is 0. The van der Waals surface area contributed by atoms with E-state index in [2.05, 4.69) is 400 Å². The van der Waals surface area contributed by atoms with Crippen LogP contribution in [0.4, 0.5) is 0 Å². The average Bonchev–Trinajstić information content (AvgIpc) is 1.52. The molecule has 0 saturated carbocycles. The highest BCUT2D eigenvalue weighted by Crippen LogP contribution is 2.65. The summed E-state index contributed by atoms with van der Waals surface area (Å²) in [5.74, 6) is 1.44. The van der Waals surface area contributed by atoms with Crippen LogP contribution in [0.5, 0.6) is 0 Å². The van der Waals surface area contributed by atoms with Crippen LogP contribution in [-0.2, 0) is 10.8 Å². The van der Waals surface area contributed by atoms with E-state index in [1.54, 1.807) is 0 Å². The van der Waals surface area contributed by atoms with E-state index >= 15 is 0 Å². The summed E-state index contributed by atoms with van der Waals surface area (Å²) in [4.78, 5) is 20.2. The van der Waals surface area contributed by atoms with Gasteiger partial charge in [0.2, 0.25) is 0 Å². The summed E-state index contributed by atoms with van der Waals surface area (Å²) in [5.41, 5.74) is 39.7. The Bertz CT molecular complexity index is 6670. The first kappa shape index (κ1) is 71.2. The molecule has 2 N–H and O–H groups in total. The third-order valence-electron chi connectivity index (χ3n) is 23.6. The maximum atomic E-state index is 9.73. The Hall–Kier alpha value is -13.9. The van der Waals surface area contributed by atoms with E-state index in [4.69, 9.17) is 19.9 Å². The predicted octanol–water partition coefficient (Wildman–Crippen LogP) is 25.4. The van der Waals surface area contributed by atoms with Crippen LogP contribution in [0.1, 0.15) is 55.6 Å². The van der Waals surface area contributed by atoms with Gasteiger partial charge in [0.1, 0.15) is 0 Å².